The van der Waals surface area contributed by atoms with Gasteiger partial charge in [-0.05, 0) is 77.7 Å². The average molecular weight is 329 g/mol. The molecule has 1 aromatic heterocycles. The van der Waals surface area contributed by atoms with E-state index in [4.69, 9.17) is 0 Å². The van der Waals surface area contributed by atoms with Gasteiger partial charge in [-0.3, -0.25) is 0 Å². The fraction of sp³-hybridized carbons (Fsp3) is 0.333. The van der Waals surface area contributed by atoms with Crippen molar-refractivity contribution in [3.63, 3.8) is 0 Å². The molecular weight excluding hydrogens is 317 g/mol. The third kappa shape index (κ3) is 1.81. The maximum Gasteiger partial charge on any atom is 0.0349 e. The third-order valence-corrected chi connectivity index (χ3v) is 4.86. The van der Waals surface area contributed by atoms with Crippen LogP contribution in [0.3, 0.4) is 0 Å². The zero-order valence-corrected chi connectivity index (χ0v) is 11.3. The van der Waals surface area contributed by atoms with Crippen molar-refractivity contribution in [1.82, 2.24) is 5.32 Å². The monoisotopic (exact) mass is 329 g/mol. The summed E-state index contributed by atoms with van der Waals surface area (Å²) < 4.78 is 2.81. The molecular formula is C12H12INS. The van der Waals surface area contributed by atoms with E-state index < -0.39 is 0 Å². The second-order valence-electron chi connectivity index (χ2n) is 3.89. The number of halogens is 1. The van der Waals surface area contributed by atoms with Gasteiger partial charge in [-0.25, -0.2) is 0 Å². The first-order valence-corrected chi connectivity index (χ1v) is 7.14. The lowest BCUT2D eigenvalue weighted by atomic mass is 10.1. The standard InChI is InChI=1S/C12H12INS/c13-8-1-2-11-10(7-8)9-3-5-14-6-4-12(9)15-11/h1-2,7,14H,3-6H2. The lowest BCUT2D eigenvalue weighted by molar-refractivity contribution is 0.712. The summed E-state index contributed by atoms with van der Waals surface area (Å²) in [4.78, 5) is 1.59. The van der Waals surface area contributed by atoms with E-state index in [1.165, 1.54) is 26.5 Å². The summed E-state index contributed by atoms with van der Waals surface area (Å²) >= 11 is 4.38. The Hall–Kier alpha value is -0.130. The Balaban J connectivity index is 2.24. The molecule has 0 aliphatic carbocycles. The van der Waals surface area contributed by atoms with Crippen molar-refractivity contribution in [2.75, 3.05) is 13.1 Å². The minimum absolute atomic E-state index is 1.13. The highest BCUT2D eigenvalue weighted by Crippen LogP contribution is 2.33. The van der Waals surface area contributed by atoms with Crippen molar-refractivity contribution in [1.29, 1.82) is 0 Å². The third-order valence-electron chi connectivity index (χ3n) is 2.92. The van der Waals surface area contributed by atoms with E-state index in [-0.39, 0.29) is 0 Å². The molecule has 15 heavy (non-hydrogen) atoms. The molecule has 2 aromatic rings. The lowest BCUT2D eigenvalue weighted by Gasteiger charge is -1.98. The summed E-state index contributed by atoms with van der Waals surface area (Å²) in [5.74, 6) is 0. The van der Waals surface area contributed by atoms with Crippen molar-refractivity contribution in [2.24, 2.45) is 0 Å². The largest absolute Gasteiger partial charge is 0.316 e. The van der Waals surface area contributed by atoms with Crippen molar-refractivity contribution in [3.8, 4) is 0 Å². The number of hydrogen-bond donors (Lipinski definition) is 1. The minimum atomic E-state index is 1.13. The Bertz CT molecular complexity index is 504. The predicted octanol–water partition coefficient (Wildman–Crippen LogP) is 3.19. The predicted molar refractivity (Wildman–Crippen MR) is 74.8 cm³/mol. The fourth-order valence-corrected chi connectivity index (χ4v) is 3.91. The molecule has 3 heteroatoms. The molecule has 1 N–H and O–H groups in total. The molecule has 3 rings (SSSR count). The van der Waals surface area contributed by atoms with Gasteiger partial charge in [0.2, 0.25) is 0 Å². The van der Waals surface area contributed by atoms with Crippen molar-refractivity contribution in [3.05, 3.63) is 32.2 Å². The van der Waals surface area contributed by atoms with Gasteiger partial charge in [-0.15, -0.1) is 11.3 Å². The zero-order chi connectivity index (χ0) is 10.3. The zero-order valence-electron chi connectivity index (χ0n) is 8.35. The van der Waals surface area contributed by atoms with Gasteiger partial charge in [0, 0.05) is 13.1 Å². The first-order chi connectivity index (χ1) is 7.34. The smallest absolute Gasteiger partial charge is 0.0349 e. The summed E-state index contributed by atoms with van der Waals surface area (Å²) in [6.07, 6.45) is 2.39. The normalized spacial score (nSPS) is 16.3. The summed E-state index contributed by atoms with van der Waals surface area (Å²) in [5.41, 5.74) is 1.60. The van der Waals surface area contributed by atoms with Crippen LogP contribution in [0, 0.1) is 3.57 Å². The van der Waals surface area contributed by atoms with Crippen LogP contribution in [0.1, 0.15) is 10.4 Å². The molecule has 0 unspecified atom stereocenters. The number of rotatable bonds is 0. The van der Waals surface area contributed by atoms with Crippen LogP contribution in [0.25, 0.3) is 10.1 Å². The van der Waals surface area contributed by atoms with E-state index in [1.54, 1.807) is 10.4 Å². The highest BCUT2D eigenvalue weighted by atomic mass is 127. The lowest BCUT2D eigenvalue weighted by Crippen LogP contribution is -2.16. The number of nitrogens with one attached hydrogen (secondary N) is 1. The summed E-state index contributed by atoms with van der Waals surface area (Å²) in [6, 6.07) is 6.80. The second-order valence-corrected chi connectivity index (χ2v) is 6.28. The van der Waals surface area contributed by atoms with Crippen molar-refractivity contribution >= 4 is 44.0 Å². The minimum Gasteiger partial charge on any atom is -0.316 e. The van der Waals surface area contributed by atoms with Crippen LogP contribution in [0.4, 0.5) is 0 Å². The van der Waals surface area contributed by atoms with Crippen LogP contribution in [0.2, 0.25) is 0 Å². The Morgan fingerprint density at radius 2 is 2.07 bits per heavy atom. The van der Waals surface area contributed by atoms with E-state index in [2.05, 4.69) is 46.1 Å². The van der Waals surface area contributed by atoms with Gasteiger partial charge >= 0.3 is 0 Å². The molecule has 0 saturated heterocycles. The molecule has 0 spiro atoms. The van der Waals surface area contributed by atoms with Crippen LogP contribution in [0.15, 0.2) is 18.2 Å². The average Bonchev–Trinajstić information content (AvgIpc) is 2.44. The van der Waals surface area contributed by atoms with Crippen LogP contribution in [0.5, 0.6) is 0 Å². The van der Waals surface area contributed by atoms with Gasteiger partial charge in [-0.1, -0.05) is 0 Å². The Kier molecular flexibility index (Phi) is 2.70. The summed E-state index contributed by atoms with van der Waals surface area (Å²) in [7, 11) is 0. The summed E-state index contributed by atoms with van der Waals surface area (Å²) in [6.45, 7) is 2.27. The number of benzene rings is 1. The fourth-order valence-electron chi connectivity index (χ4n) is 2.19. The topological polar surface area (TPSA) is 12.0 Å². The molecule has 0 saturated carbocycles. The molecule has 0 amide bonds. The van der Waals surface area contributed by atoms with Gasteiger partial charge in [-0.2, -0.15) is 0 Å². The van der Waals surface area contributed by atoms with Crippen LogP contribution in [-0.4, -0.2) is 13.1 Å². The highest BCUT2D eigenvalue weighted by Gasteiger charge is 2.14. The van der Waals surface area contributed by atoms with Gasteiger partial charge in [0.15, 0.2) is 0 Å². The highest BCUT2D eigenvalue weighted by molar-refractivity contribution is 14.1. The van der Waals surface area contributed by atoms with Gasteiger partial charge in [0.1, 0.15) is 0 Å². The maximum absolute atomic E-state index is 3.46. The number of hydrogen-bond acceptors (Lipinski definition) is 2. The first kappa shape index (κ1) is 10.1. The quantitative estimate of drug-likeness (QED) is 0.732. The van der Waals surface area contributed by atoms with Crippen LogP contribution in [-0.2, 0) is 12.8 Å². The van der Waals surface area contributed by atoms with E-state index in [0.717, 1.165) is 13.1 Å². The van der Waals surface area contributed by atoms with Crippen molar-refractivity contribution in [2.45, 2.75) is 12.8 Å². The summed E-state index contributed by atoms with van der Waals surface area (Å²) in [5, 5.41) is 4.96. The molecule has 78 valence electrons. The maximum atomic E-state index is 3.46. The van der Waals surface area contributed by atoms with Gasteiger partial charge in [0.05, 0.1) is 0 Å². The Morgan fingerprint density at radius 1 is 1.20 bits per heavy atom. The van der Waals surface area contributed by atoms with Crippen LogP contribution < -0.4 is 5.32 Å². The molecule has 2 heterocycles. The van der Waals surface area contributed by atoms with E-state index in [1.807, 2.05) is 11.3 Å². The number of fused-ring (bicyclic) bond motifs is 3. The van der Waals surface area contributed by atoms with Crippen LogP contribution >= 0.6 is 33.9 Å². The number of thiophene rings is 1. The van der Waals surface area contributed by atoms with Gasteiger partial charge in [0.25, 0.3) is 0 Å². The first-order valence-electron chi connectivity index (χ1n) is 5.25. The second kappa shape index (κ2) is 4.03. The Labute approximate surface area is 107 Å². The molecule has 1 aromatic carbocycles. The molecule has 1 aliphatic heterocycles. The van der Waals surface area contributed by atoms with Gasteiger partial charge < -0.3 is 5.32 Å². The van der Waals surface area contributed by atoms with E-state index >= 15 is 0 Å². The SMILES string of the molecule is Ic1ccc2sc3c(c2c1)CCNCC3. The molecule has 0 radical (unpaired) electrons. The molecule has 0 atom stereocenters. The molecule has 1 aliphatic rings. The van der Waals surface area contributed by atoms with E-state index in [0.29, 0.717) is 0 Å². The molecule has 0 bridgehead atoms. The van der Waals surface area contributed by atoms with E-state index in [9.17, 15) is 0 Å². The van der Waals surface area contributed by atoms with Crippen molar-refractivity contribution < 1.29 is 0 Å². The Morgan fingerprint density at radius 3 is 3.00 bits per heavy atom. The molecule has 0 fully saturated rings. The molecule has 1 nitrogen and oxygen atoms in total.